The second-order valence-corrected chi connectivity index (χ2v) is 5.82. The Labute approximate surface area is 120 Å². The van der Waals surface area contributed by atoms with Crippen molar-refractivity contribution in [2.75, 3.05) is 38.3 Å². The second-order valence-electron chi connectivity index (χ2n) is 4.43. The topological polar surface area (TPSA) is 21.3 Å². The van der Waals surface area contributed by atoms with E-state index in [0.29, 0.717) is 5.92 Å². The minimum atomic E-state index is -0.169. The van der Waals surface area contributed by atoms with Gasteiger partial charge in [-0.25, -0.2) is 4.39 Å². The van der Waals surface area contributed by atoms with Gasteiger partial charge in [0, 0.05) is 20.2 Å². The molecule has 1 aromatic carbocycles. The molecule has 108 valence electrons. The summed E-state index contributed by atoms with van der Waals surface area (Å²) in [6, 6.07) is 6.89. The number of benzene rings is 1. The molecule has 0 aliphatic rings. The van der Waals surface area contributed by atoms with E-state index in [1.54, 1.807) is 19.2 Å². The van der Waals surface area contributed by atoms with E-state index in [1.165, 1.54) is 5.56 Å². The van der Waals surface area contributed by atoms with Gasteiger partial charge in [-0.2, -0.15) is 11.8 Å². The number of halogens is 1. The van der Waals surface area contributed by atoms with Crippen molar-refractivity contribution in [2.45, 2.75) is 19.3 Å². The molecule has 0 aliphatic heterocycles. The highest BCUT2D eigenvalue weighted by Gasteiger charge is 2.11. The second kappa shape index (κ2) is 10.2. The molecule has 0 bridgehead atoms. The van der Waals surface area contributed by atoms with E-state index in [1.807, 2.05) is 23.9 Å². The number of thioether (sulfide) groups is 1. The highest BCUT2D eigenvalue weighted by atomic mass is 32.2. The molecule has 0 aliphatic carbocycles. The molecule has 1 rings (SSSR count). The van der Waals surface area contributed by atoms with Gasteiger partial charge >= 0.3 is 0 Å². The summed E-state index contributed by atoms with van der Waals surface area (Å²) >= 11 is 1.95. The van der Waals surface area contributed by atoms with Crippen LogP contribution in [0.2, 0.25) is 0 Å². The van der Waals surface area contributed by atoms with Crippen molar-refractivity contribution in [3.8, 4) is 0 Å². The third-order valence-corrected chi connectivity index (χ3v) is 3.96. The molecule has 0 saturated carbocycles. The van der Waals surface area contributed by atoms with E-state index in [-0.39, 0.29) is 5.82 Å². The SMILES string of the molecule is CCSCCC(CNCCOC)c1ccc(F)cc1. The molecular weight excluding hydrogens is 261 g/mol. The monoisotopic (exact) mass is 285 g/mol. The maximum absolute atomic E-state index is 13.0. The molecule has 19 heavy (non-hydrogen) atoms. The molecule has 0 radical (unpaired) electrons. The van der Waals surface area contributed by atoms with Crippen molar-refractivity contribution < 1.29 is 9.13 Å². The first kappa shape index (κ1) is 16.5. The van der Waals surface area contributed by atoms with Crippen molar-refractivity contribution in [1.29, 1.82) is 0 Å². The van der Waals surface area contributed by atoms with Crippen LogP contribution in [0.1, 0.15) is 24.8 Å². The van der Waals surface area contributed by atoms with Crippen LogP contribution in [-0.4, -0.2) is 38.3 Å². The van der Waals surface area contributed by atoms with Crippen molar-refractivity contribution in [3.05, 3.63) is 35.6 Å². The van der Waals surface area contributed by atoms with Gasteiger partial charge in [-0.1, -0.05) is 19.1 Å². The van der Waals surface area contributed by atoms with E-state index in [4.69, 9.17) is 4.74 Å². The summed E-state index contributed by atoms with van der Waals surface area (Å²) in [7, 11) is 1.71. The van der Waals surface area contributed by atoms with Gasteiger partial charge in [0.1, 0.15) is 5.82 Å². The van der Waals surface area contributed by atoms with Crippen LogP contribution in [0.4, 0.5) is 4.39 Å². The van der Waals surface area contributed by atoms with Crippen LogP contribution in [0.5, 0.6) is 0 Å². The molecule has 0 fully saturated rings. The summed E-state index contributed by atoms with van der Waals surface area (Å²) in [5.74, 6) is 2.56. The third kappa shape index (κ3) is 6.95. The van der Waals surface area contributed by atoms with Crippen LogP contribution in [-0.2, 0) is 4.74 Å². The maximum atomic E-state index is 13.0. The Balaban J connectivity index is 2.49. The van der Waals surface area contributed by atoms with Gasteiger partial charge in [0.25, 0.3) is 0 Å². The zero-order valence-electron chi connectivity index (χ0n) is 11.8. The average molecular weight is 285 g/mol. The van der Waals surface area contributed by atoms with E-state index in [9.17, 15) is 4.39 Å². The normalized spacial score (nSPS) is 12.6. The summed E-state index contributed by atoms with van der Waals surface area (Å²) in [5.41, 5.74) is 1.21. The lowest BCUT2D eigenvalue weighted by Gasteiger charge is -2.18. The Hall–Kier alpha value is -0.580. The molecule has 0 amide bonds. The number of hydrogen-bond donors (Lipinski definition) is 1. The van der Waals surface area contributed by atoms with E-state index >= 15 is 0 Å². The van der Waals surface area contributed by atoms with Crippen molar-refractivity contribution in [3.63, 3.8) is 0 Å². The van der Waals surface area contributed by atoms with Crippen LogP contribution in [0, 0.1) is 5.82 Å². The summed E-state index contributed by atoms with van der Waals surface area (Å²) in [6.07, 6.45) is 1.12. The third-order valence-electron chi connectivity index (χ3n) is 3.03. The number of hydrogen-bond acceptors (Lipinski definition) is 3. The van der Waals surface area contributed by atoms with Crippen LogP contribution in [0.25, 0.3) is 0 Å². The molecule has 2 nitrogen and oxygen atoms in total. The van der Waals surface area contributed by atoms with Crippen LogP contribution in [0.3, 0.4) is 0 Å². The van der Waals surface area contributed by atoms with Gasteiger partial charge in [0.05, 0.1) is 6.61 Å². The lowest BCUT2D eigenvalue weighted by atomic mass is 9.96. The van der Waals surface area contributed by atoms with Crippen LogP contribution in [0.15, 0.2) is 24.3 Å². The quantitative estimate of drug-likeness (QED) is 0.667. The highest BCUT2D eigenvalue weighted by Crippen LogP contribution is 2.21. The molecular formula is C15H24FNOS. The predicted octanol–water partition coefficient (Wildman–Crippen LogP) is 3.29. The Morgan fingerprint density at radius 1 is 1.32 bits per heavy atom. The number of ether oxygens (including phenoxy) is 1. The fourth-order valence-corrected chi connectivity index (χ4v) is 2.68. The first-order valence-corrected chi connectivity index (χ1v) is 7.96. The van der Waals surface area contributed by atoms with Crippen LogP contribution >= 0.6 is 11.8 Å². The number of methoxy groups -OCH3 is 1. The van der Waals surface area contributed by atoms with Crippen molar-refractivity contribution >= 4 is 11.8 Å². The maximum Gasteiger partial charge on any atom is 0.123 e. The van der Waals surface area contributed by atoms with Gasteiger partial charge in [0.15, 0.2) is 0 Å². The lowest BCUT2D eigenvalue weighted by molar-refractivity contribution is 0.199. The molecule has 0 spiro atoms. The molecule has 0 aromatic heterocycles. The highest BCUT2D eigenvalue weighted by molar-refractivity contribution is 7.99. The first-order chi connectivity index (χ1) is 9.27. The fraction of sp³-hybridized carbons (Fsp3) is 0.600. The number of rotatable bonds is 10. The summed E-state index contributed by atoms with van der Waals surface area (Å²) < 4.78 is 18.0. The minimum absolute atomic E-state index is 0.169. The van der Waals surface area contributed by atoms with Crippen LogP contribution < -0.4 is 5.32 Å². The van der Waals surface area contributed by atoms with Gasteiger partial charge in [-0.3, -0.25) is 0 Å². The van der Waals surface area contributed by atoms with E-state index < -0.39 is 0 Å². The summed E-state index contributed by atoms with van der Waals surface area (Å²) in [6.45, 7) is 4.67. The largest absolute Gasteiger partial charge is 0.383 e. The Morgan fingerprint density at radius 3 is 2.68 bits per heavy atom. The molecule has 1 N–H and O–H groups in total. The minimum Gasteiger partial charge on any atom is -0.383 e. The predicted molar refractivity (Wildman–Crippen MR) is 81.5 cm³/mol. The van der Waals surface area contributed by atoms with Gasteiger partial charge in [-0.05, 0) is 41.5 Å². The standard InChI is InChI=1S/C15H24FNOS/c1-3-19-11-8-14(12-17-9-10-18-2)13-4-6-15(16)7-5-13/h4-7,14,17H,3,8-12H2,1-2H3. The van der Waals surface area contributed by atoms with Crippen molar-refractivity contribution in [2.24, 2.45) is 0 Å². The molecule has 1 atom stereocenters. The molecule has 1 aromatic rings. The lowest BCUT2D eigenvalue weighted by Crippen LogP contribution is -2.25. The van der Waals surface area contributed by atoms with Crippen molar-refractivity contribution in [1.82, 2.24) is 5.32 Å². The molecule has 4 heteroatoms. The first-order valence-electron chi connectivity index (χ1n) is 6.80. The fourth-order valence-electron chi connectivity index (χ4n) is 1.94. The van der Waals surface area contributed by atoms with E-state index in [0.717, 1.165) is 37.6 Å². The Morgan fingerprint density at radius 2 is 2.05 bits per heavy atom. The van der Waals surface area contributed by atoms with Gasteiger partial charge < -0.3 is 10.1 Å². The Bertz CT molecular complexity index is 331. The molecule has 0 saturated heterocycles. The summed E-state index contributed by atoms with van der Waals surface area (Å²) in [5, 5.41) is 3.40. The molecule has 1 unspecified atom stereocenters. The average Bonchev–Trinajstić information content (AvgIpc) is 2.43. The smallest absolute Gasteiger partial charge is 0.123 e. The zero-order chi connectivity index (χ0) is 13.9. The van der Waals surface area contributed by atoms with Gasteiger partial charge in [-0.15, -0.1) is 0 Å². The van der Waals surface area contributed by atoms with Gasteiger partial charge in [0.2, 0.25) is 0 Å². The Kier molecular flexibility index (Phi) is 8.88. The molecule has 0 heterocycles. The zero-order valence-corrected chi connectivity index (χ0v) is 12.6. The van der Waals surface area contributed by atoms with E-state index in [2.05, 4.69) is 12.2 Å². The summed E-state index contributed by atoms with van der Waals surface area (Å²) in [4.78, 5) is 0. The number of nitrogens with one attached hydrogen (secondary N) is 1.